The van der Waals surface area contributed by atoms with Crippen molar-refractivity contribution in [3.63, 3.8) is 0 Å². The Balaban J connectivity index is 2.20. The second-order valence-corrected chi connectivity index (χ2v) is 5.27. The first kappa shape index (κ1) is 12.9. The van der Waals surface area contributed by atoms with Crippen LogP contribution in [0.2, 0.25) is 0 Å². The zero-order chi connectivity index (χ0) is 11.5. The zero-order valence-electron chi connectivity index (χ0n) is 10.1. The first-order chi connectivity index (χ1) is 6.88. The van der Waals surface area contributed by atoms with Crippen LogP contribution in [-0.4, -0.2) is 22.8 Å². The van der Waals surface area contributed by atoms with Crippen LogP contribution in [0.5, 0.6) is 0 Å². The van der Waals surface area contributed by atoms with Crippen LogP contribution in [0, 0.1) is 17.8 Å². The molecule has 1 saturated carbocycles. The summed E-state index contributed by atoms with van der Waals surface area (Å²) in [5.41, 5.74) is 0. The molecule has 1 aliphatic carbocycles. The maximum Gasteiger partial charge on any atom is 0.274 e. The second-order valence-electron chi connectivity index (χ2n) is 5.27. The van der Waals surface area contributed by atoms with Crippen molar-refractivity contribution in [3.05, 3.63) is 0 Å². The predicted octanol–water partition coefficient (Wildman–Crippen LogP) is 2.12. The number of hydrogen-bond donors (Lipinski definition) is 2. The quantitative estimate of drug-likeness (QED) is 0.708. The SMILES string of the molecule is CC(C)C1CCC(COC(C)(O)O)CC1. The van der Waals surface area contributed by atoms with E-state index in [2.05, 4.69) is 13.8 Å². The third-order valence-electron chi connectivity index (χ3n) is 3.43. The van der Waals surface area contributed by atoms with E-state index in [1.54, 1.807) is 0 Å². The lowest BCUT2D eigenvalue weighted by molar-refractivity contribution is -0.329. The first-order valence-electron chi connectivity index (χ1n) is 5.97. The van der Waals surface area contributed by atoms with E-state index in [4.69, 9.17) is 14.9 Å². The Labute approximate surface area is 92.4 Å². The van der Waals surface area contributed by atoms with Crippen LogP contribution in [0.15, 0.2) is 0 Å². The molecule has 2 N–H and O–H groups in total. The lowest BCUT2D eigenvalue weighted by Gasteiger charge is -2.31. The molecular weight excluding hydrogens is 192 g/mol. The Kier molecular flexibility index (Phi) is 4.56. The van der Waals surface area contributed by atoms with Crippen molar-refractivity contribution >= 4 is 0 Å². The largest absolute Gasteiger partial charge is 0.344 e. The highest BCUT2D eigenvalue weighted by atomic mass is 16.8. The van der Waals surface area contributed by atoms with Gasteiger partial charge < -0.3 is 14.9 Å². The molecule has 0 radical (unpaired) electrons. The Morgan fingerprint density at radius 2 is 1.73 bits per heavy atom. The lowest BCUT2D eigenvalue weighted by atomic mass is 9.77. The molecule has 1 aliphatic rings. The molecule has 0 heterocycles. The average molecular weight is 216 g/mol. The molecule has 90 valence electrons. The van der Waals surface area contributed by atoms with E-state index in [1.807, 2.05) is 0 Å². The topological polar surface area (TPSA) is 49.7 Å². The summed E-state index contributed by atoms with van der Waals surface area (Å²) in [6.45, 7) is 6.28. The smallest absolute Gasteiger partial charge is 0.274 e. The van der Waals surface area contributed by atoms with Crippen LogP contribution in [0.4, 0.5) is 0 Å². The van der Waals surface area contributed by atoms with E-state index >= 15 is 0 Å². The highest BCUT2D eigenvalue weighted by Crippen LogP contribution is 2.33. The van der Waals surface area contributed by atoms with Crippen molar-refractivity contribution in [1.29, 1.82) is 0 Å². The van der Waals surface area contributed by atoms with Crippen LogP contribution in [0.3, 0.4) is 0 Å². The van der Waals surface area contributed by atoms with E-state index in [9.17, 15) is 0 Å². The average Bonchev–Trinajstić information content (AvgIpc) is 2.14. The van der Waals surface area contributed by atoms with E-state index in [-0.39, 0.29) is 0 Å². The van der Waals surface area contributed by atoms with E-state index in [0.29, 0.717) is 12.5 Å². The molecule has 0 bridgehead atoms. The van der Waals surface area contributed by atoms with Crippen molar-refractivity contribution in [2.75, 3.05) is 6.61 Å². The summed E-state index contributed by atoms with van der Waals surface area (Å²) in [5, 5.41) is 18.0. The number of aliphatic hydroxyl groups is 2. The molecular formula is C12H24O3. The van der Waals surface area contributed by atoms with Crippen molar-refractivity contribution < 1.29 is 14.9 Å². The van der Waals surface area contributed by atoms with Crippen molar-refractivity contribution in [3.8, 4) is 0 Å². The van der Waals surface area contributed by atoms with Gasteiger partial charge in [0, 0.05) is 6.92 Å². The van der Waals surface area contributed by atoms with Gasteiger partial charge in [0.05, 0.1) is 6.61 Å². The molecule has 0 saturated heterocycles. The summed E-state index contributed by atoms with van der Waals surface area (Å²) >= 11 is 0. The normalized spacial score (nSPS) is 28.4. The van der Waals surface area contributed by atoms with Gasteiger partial charge in [0.15, 0.2) is 0 Å². The highest BCUT2D eigenvalue weighted by Gasteiger charge is 2.25. The fourth-order valence-corrected chi connectivity index (χ4v) is 2.30. The summed E-state index contributed by atoms with van der Waals surface area (Å²) in [4.78, 5) is 0. The lowest BCUT2D eigenvalue weighted by Crippen LogP contribution is -2.31. The van der Waals surface area contributed by atoms with E-state index in [0.717, 1.165) is 24.7 Å². The molecule has 1 fully saturated rings. The minimum Gasteiger partial charge on any atom is -0.344 e. The molecule has 0 unspecified atom stereocenters. The number of ether oxygens (including phenoxy) is 1. The zero-order valence-corrected chi connectivity index (χ0v) is 10.1. The Morgan fingerprint density at radius 3 is 2.13 bits per heavy atom. The second kappa shape index (κ2) is 5.28. The molecule has 0 atom stereocenters. The van der Waals surface area contributed by atoms with Crippen molar-refractivity contribution in [1.82, 2.24) is 0 Å². The maximum atomic E-state index is 9.02. The summed E-state index contributed by atoms with van der Waals surface area (Å²) in [6, 6.07) is 0. The molecule has 0 aromatic heterocycles. The van der Waals surface area contributed by atoms with Crippen molar-refractivity contribution in [2.45, 2.75) is 52.4 Å². The van der Waals surface area contributed by atoms with Crippen LogP contribution >= 0.6 is 0 Å². The fourth-order valence-electron chi connectivity index (χ4n) is 2.30. The van der Waals surface area contributed by atoms with Gasteiger partial charge in [-0.3, -0.25) is 0 Å². The summed E-state index contributed by atoms with van der Waals surface area (Å²) in [7, 11) is 0. The van der Waals surface area contributed by atoms with Crippen LogP contribution in [-0.2, 0) is 4.74 Å². The molecule has 0 aromatic carbocycles. The third-order valence-corrected chi connectivity index (χ3v) is 3.43. The fraction of sp³-hybridized carbons (Fsp3) is 1.00. The molecule has 0 aromatic rings. The van der Waals surface area contributed by atoms with E-state index in [1.165, 1.54) is 19.8 Å². The van der Waals surface area contributed by atoms with Gasteiger partial charge in [0.1, 0.15) is 0 Å². The van der Waals surface area contributed by atoms with Gasteiger partial charge in [-0.25, -0.2) is 0 Å². The van der Waals surface area contributed by atoms with Gasteiger partial charge in [-0.2, -0.15) is 0 Å². The van der Waals surface area contributed by atoms with Gasteiger partial charge >= 0.3 is 0 Å². The molecule has 3 heteroatoms. The molecule has 1 rings (SSSR count). The van der Waals surface area contributed by atoms with E-state index < -0.39 is 5.97 Å². The van der Waals surface area contributed by atoms with Crippen LogP contribution in [0.25, 0.3) is 0 Å². The number of hydrogen-bond acceptors (Lipinski definition) is 3. The van der Waals surface area contributed by atoms with Gasteiger partial charge in [0.2, 0.25) is 0 Å². The van der Waals surface area contributed by atoms with Crippen LogP contribution in [0.1, 0.15) is 46.5 Å². The van der Waals surface area contributed by atoms with Gasteiger partial charge in [-0.15, -0.1) is 0 Å². The third kappa shape index (κ3) is 4.96. The van der Waals surface area contributed by atoms with Gasteiger partial charge in [-0.1, -0.05) is 13.8 Å². The Bertz CT molecular complexity index is 176. The molecule has 0 aliphatic heterocycles. The molecule has 3 nitrogen and oxygen atoms in total. The van der Waals surface area contributed by atoms with Crippen molar-refractivity contribution in [2.24, 2.45) is 17.8 Å². The standard InChI is InChI=1S/C12H24O3/c1-9(2)11-6-4-10(5-7-11)8-15-12(3,13)14/h9-11,13-14H,4-8H2,1-3H3. The molecule has 15 heavy (non-hydrogen) atoms. The van der Waals surface area contributed by atoms with Crippen LogP contribution < -0.4 is 0 Å². The first-order valence-corrected chi connectivity index (χ1v) is 5.97. The maximum absolute atomic E-state index is 9.02. The van der Waals surface area contributed by atoms with Gasteiger partial charge in [0.25, 0.3) is 5.97 Å². The summed E-state index contributed by atoms with van der Waals surface area (Å²) in [5.74, 6) is 0.150. The summed E-state index contributed by atoms with van der Waals surface area (Å²) < 4.78 is 4.98. The monoisotopic (exact) mass is 216 g/mol. The molecule has 0 amide bonds. The minimum atomic E-state index is -1.96. The molecule has 0 spiro atoms. The Hall–Kier alpha value is -0.120. The predicted molar refractivity (Wildman–Crippen MR) is 59.1 cm³/mol. The van der Waals surface area contributed by atoms with Gasteiger partial charge in [-0.05, 0) is 43.4 Å². The minimum absolute atomic E-state index is 0.467. The summed E-state index contributed by atoms with van der Waals surface area (Å²) in [6.07, 6.45) is 4.80. The highest BCUT2D eigenvalue weighted by molar-refractivity contribution is 4.74. The number of rotatable bonds is 4. The Morgan fingerprint density at radius 1 is 1.20 bits per heavy atom.